The topological polar surface area (TPSA) is 15.3 Å². The van der Waals surface area contributed by atoms with E-state index < -0.39 is 0 Å². The Morgan fingerprint density at radius 1 is 1.28 bits per heavy atom. The van der Waals surface area contributed by atoms with Gasteiger partial charge >= 0.3 is 0 Å². The summed E-state index contributed by atoms with van der Waals surface area (Å²) in [6.45, 7) is 7.08. The largest absolute Gasteiger partial charge is 0.385 e. The Morgan fingerprint density at radius 2 is 2.17 bits per heavy atom. The number of fused-ring (bicyclic) bond motifs is 1. The number of benzene rings is 1. The summed E-state index contributed by atoms with van der Waals surface area (Å²) >= 11 is 0. The summed E-state index contributed by atoms with van der Waals surface area (Å²) in [4.78, 5) is 2.66. The van der Waals surface area contributed by atoms with Crippen molar-refractivity contribution in [1.29, 1.82) is 0 Å². The fraction of sp³-hybridized carbons (Fsp3) is 0.625. The second-order valence-corrected chi connectivity index (χ2v) is 5.98. The second-order valence-electron chi connectivity index (χ2n) is 5.98. The standard InChI is InChI=1S/C16H24N2/c1-12(2)15-9-5-11-18(15)16-8-3-7-14-13(16)6-4-10-17-14/h3,7-8,12,15,17H,4-6,9-11H2,1-2H3. The fourth-order valence-corrected chi connectivity index (χ4v) is 3.55. The average molecular weight is 244 g/mol. The van der Waals surface area contributed by atoms with Gasteiger partial charge in [0.05, 0.1) is 0 Å². The zero-order valence-corrected chi connectivity index (χ0v) is 11.6. The van der Waals surface area contributed by atoms with E-state index in [1.54, 1.807) is 5.56 Å². The van der Waals surface area contributed by atoms with Gasteiger partial charge in [0.2, 0.25) is 0 Å². The monoisotopic (exact) mass is 244 g/mol. The molecule has 18 heavy (non-hydrogen) atoms. The number of rotatable bonds is 2. The molecule has 3 rings (SSSR count). The van der Waals surface area contributed by atoms with Gasteiger partial charge in [0.25, 0.3) is 0 Å². The minimum Gasteiger partial charge on any atom is -0.385 e. The summed E-state index contributed by atoms with van der Waals surface area (Å²) in [6, 6.07) is 7.51. The molecule has 1 fully saturated rings. The number of hydrogen-bond acceptors (Lipinski definition) is 2. The molecule has 0 amide bonds. The van der Waals surface area contributed by atoms with Gasteiger partial charge in [0, 0.05) is 30.5 Å². The highest BCUT2D eigenvalue weighted by atomic mass is 15.2. The zero-order chi connectivity index (χ0) is 12.5. The number of anilines is 2. The molecular weight excluding hydrogens is 220 g/mol. The number of nitrogens with one attached hydrogen (secondary N) is 1. The van der Waals surface area contributed by atoms with Crippen LogP contribution in [0.5, 0.6) is 0 Å². The molecule has 1 saturated heterocycles. The van der Waals surface area contributed by atoms with Crippen LogP contribution in [0.3, 0.4) is 0 Å². The van der Waals surface area contributed by atoms with Crippen molar-refractivity contribution >= 4 is 11.4 Å². The molecule has 1 aromatic rings. The predicted molar refractivity (Wildman–Crippen MR) is 78.5 cm³/mol. The van der Waals surface area contributed by atoms with Gasteiger partial charge in [0.15, 0.2) is 0 Å². The molecule has 2 aliphatic heterocycles. The summed E-state index contributed by atoms with van der Waals surface area (Å²) in [5.41, 5.74) is 4.42. The molecule has 2 nitrogen and oxygen atoms in total. The summed E-state index contributed by atoms with van der Waals surface area (Å²) in [5.74, 6) is 0.750. The van der Waals surface area contributed by atoms with E-state index >= 15 is 0 Å². The highest BCUT2D eigenvalue weighted by Crippen LogP contribution is 2.36. The van der Waals surface area contributed by atoms with E-state index in [9.17, 15) is 0 Å². The Morgan fingerprint density at radius 3 is 3.00 bits per heavy atom. The van der Waals surface area contributed by atoms with E-state index in [0.717, 1.165) is 18.5 Å². The van der Waals surface area contributed by atoms with Crippen molar-refractivity contribution in [2.75, 3.05) is 23.3 Å². The summed E-state index contributed by atoms with van der Waals surface area (Å²) < 4.78 is 0. The summed E-state index contributed by atoms with van der Waals surface area (Å²) in [6.07, 6.45) is 5.21. The first-order valence-corrected chi connectivity index (χ1v) is 7.40. The van der Waals surface area contributed by atoms with Gasteiger partial charge in [-0.2, -0.15) is 0 Å². The first-order valence-electron chi connectivity index (χ1n) is 7.40. The Bertz CT molecular complexity index is 425. The Kier molecular flexibility index (Phi) is 3.19. The van der Waals surface area contributed by atoms with Crippen LogP contribution < -0.4 is 10.2 Å². The van der Waals surface area contributed by atoms with Crippen molar-refractivity contribution in [1.82, 2.24) is 0 Å². The molecule has 0 bridgehead atoms. The van der Waals surface area contributed by atoms with Crippen molar-refractivity contribution in [3.05, 3.63) is 23.8 Å². The molecule has 0 aliphatic carbocycles. The number of hydrogen-bond donors (Lipinski definition) is 1. The van der Waals surface area contributed by atoms with Crippen LogP contribution in [-0.2, 0) is 6.42 Å². The smallest absolute Gasteiger partial charge is 0.0422 e. The van der Waals surface area contributed by atoms with Gasteiger partial charge < -0.3 is 10.2 Å². The maximum absolute atomic E-state index is 3.54. The minimum atomic E-state index is 0.735. The van der Waals surface area contributed by atoms with Crippen molar-refractivity contribution < 1.29 is 0 Å². The van der Waals surface area contributed by atoms with Gasteiger partial charge in [0.1, 0.15) is 0 Å². The normalized spacial score (nSPS) is 23.1. The van der Waals surface area contributed by atoms with Gasteiger partial charge in [-0.15, -0.1) is 0 Å². The Labute approximate surface area is 110 Å². The number of nitrogens with zero attached hydrogens (tertiary/aromatic N) is 1. The SMILES string of the molecule is CC(C)C1CCCN1c1cccc2c1CCCN2. The van der Waals surface area contributed by atoms with Gasteiger partial charge in [-0.25, -0.2) is 0 Å². The lowest BCUT2D eigenvalue weighted by Crippen LogP contribution is -2.34. The second kappa shape index (κ2) is 4.83. The molecule has 98 valence electrons. The van der Waals surface area contributed by atoms with E-state index in [0.29, 0.717) is 0 Å². The van der Waals surface area contributed by atoms with Crippen LogP contribution >= 0.6 is 0 Å². The highest BCUT2D eigenvalue weighted by Gasteiger charge is 2.29. The van der Waals surface area contributed by atoms with Crippen molar-refractivity contribution in [2.24, 2.45) is 5.92 Å². The van der Waals surface area contributed by atoms with E-state index in [1.807, 2.05) is 0 Å². The first kappa shape index (κ1) is 11.9. The van der Waals surface area contributed by atoms with Gasteiger partial charge in [-0.1, -0.05) is 19.9 Å². The van der Waals surface area contributed by atoms with E-state index in [2.05, 4.69) is 42.3 Å². The van der Waals surface area contributed by atoms with E-state index in [4.69, 9.17) is 0 Å². The molecular formula is C16H24N2. The average Bonchev–Trinajstić information content (AvgIpc) is 2.87. The van der Waals surface area contributed by atoms with Crippen LogP contribution in [0.15, 0.2) is 18.2 Å². The van der Waals surface area contributed by atoms with Gasteiger partial charge in [-0.05, 0) is 49.3 Å². The Balaban J connectivity index is 1.96. The van der Waals surface area contributed by atoms with Crippen LogP contribution in [0.1, 0.15) is 38.7 Å². The zero-order valence-electron chi connectivity index (χ0n) is 11.6. The van der Waals surface area contributed by atoms with Crippen LogP contribution in [0.2, 0.25) is 0 Å². The lowest BCUT2D eigenvalue weighted by atomic mass is 9.97. The quantitative estimate of drug-likeness (QED) is 0.854. The van der Waals surface area contributed by atoms with Gasteiger partial charge in [-0.3, -0.25) is 0 Å². The molecule has 0 saturated carbocycles. The van der Waals surface area contributed by atoms with Crippen molar-refractivity contribution in [2.45, 2.75) is 45.6 Å². The molecule has 2 heterocycles. The predicted octanol–water partition coefficient (Wildman–Crippen LogP) is 3.67. The summed E-state index contributed by atoms with van der Waals surface area (Å²) in [7, 11) is 0. The maximum Gasteiger partial charge on any atom is 0.0422 e. The molecule has 2 aliphatic rings. The molecule has 1 atom stereocenters. The molecule has 2 heteroatoms. The molecule has 1 N–H and O–H groups in total. The maximum atomic E-state index is 3.54. The lowest BCUT2D eigenvalue weighted by molar-refractivity contribution is 0.491. The Hall–Kier alpha value is -1.18. The van der Waals surface area contributed by atoms with Crippen LogP contribution in [0, 0.1) is 5.92 Å². The molecule has 0 spiro atoms. The van der Waals surface area contributed by atoms with E-state index in [1.165, 1.54) is 43.6 Å². The first-order chi connectivity index (χ1) is 8.77. The molecule has 1 unspecified atom stereocenters. The van der Waals surface area contributed by atoms with Crippen LogP contribution in [0.25, 0.3) is 0 Å². The minimum absolute atomic E-state index is 0.735. The molecule has 0 radical (unpaired) electrons. The fourth-order valence-electron chi connectivity index (χ4n) is 3.55. The summed E-state index contributed by atoms with van der Waals surface area (Å²) in [5, 5.41) is 3.54. The third-order valence-corrected chi connectivity index (χ3v) is 4.45. The van der Waals surface area contributed by atoms with E-state index in [-0.39, 0.29) is 0 Å². The third-order valence-electron chi connectivity index (χ3n) is 4.45. The van der Waals surface area contributed by atoms with Crippen molar-refractivity contribution in [3.63, 3.8) is 0 Å². The lowest BCUT2D eigenvalue weighted by Gasteiger charge is -2.33. The van der Waals surface area contributed by atoms with Crippen LogP contribution in [0.4, 0.5) is 11.4 Å². The molecule has 0 aromatic heterocycles. The highest BCUT2D eigenvalue weighted by molar-refractivity contribution is 5.68. The van der Waals surface area contributed by atoms with Crippen LogP contribution in [-0.4, -0.2) is 19.1 Å². The molecule has 1 aromatic carbocycles. The van der Waals surface area contributed by atoms with Crippen molar-refractivity contribution in [3.8, 4) is 0 Å². The third kappa shape index (κ3) is 1.98.